The lowest BCUT2D eigenvalue weighted by molar-refractivity contribution is 0.340. The summed E-state index contributed by atoms with van der Waals surface area (Å²) in [7, 11) is 0. The lowest BCUT2D eigenvalue weighted by atomic mass is 10.1. The summed E-state index contributed by atoms with van der Waals surface area (Å²) in [6.07, 6.45) is 0. The van der Waals surface area contributed by atoms with Gasteiger partial charge >= 0.3 is 0 Å². The third kappa shape index (κ3) is 4.70. The standard InChI is InChI=1S/C22H20FN3O2S/c1-2-27-18-11-7-16(8-12-18)22-25-20(28-26-22)14-24-21(19-4-3-13-29-19)15-5-9-17(23)10-6-15/h3-13,21,24H,2,14H2,1H3. The summed E-state index contributed by atoms with van der Waals surface area (Å²) in [4.78, 5) is 5.61. The number of hydrogen-bond acceptors (Lipinski definition) is 6. The second-order valence-electron chi connectivity index (χ2n) is 6.35. The molecule has 1 N–H and O–H groups in total. The van der Waals surface area contributed by atoms with Crippen molar-refractivity contribution >= 4 is 11.3 Å². The van der Waals surface area contributed by atoms with Gasteiger partial charge in [0, 0.05) is 10.4 Å². The third-order valence-electron chi connectivity index (χ3n) is 4.38. The van der Waals surface area contributed by atoms with Gasteiger partial charge in [-0.2, -0.15) is 4.98 Å². The molecule has 0 amide bonds. The number of nitrogens with one attached hydrogen (secondary N) is 1. The topological polar surface area (TPSA) is 60.2 Å². The molecule has 0 aliphatic carbocycles. The van der Waals surface area contributed by atoms with Gasteiger partial charge in [0.25, 0.3) is 0 Å². The highest BCUT2D eigenvalue weighted by molar-refractivity contribution is 7.10. The van der Waals surface area contributed by atoms with E-state index in [-0.39, 0.29) is 11.9 Å². The first-order chi connectivity index (χ1) is 14.2. The van der Waals surface area contributed by atoms with Crippen molar-refractivity contribution < 1.29 is 13.7 Å². The van der Waals surface area contributed by atoms with Gasteiger partial charge in [-0.25, -0.2) is 4.39 Å². The van der Waals surface area contributed by atoms with Gasteiger partial charge in [0.05, 0.1) is 19.2 Å². The minimum atomic E-state index is -0.254. The zero-order valence-corrected chi connectivity index (χ0v) is 16.7. The van der Waals surface area contributed by atoms with Crippen molar-refractivity contribution in [2.24, 2.45) is 0 Å². The van der Waals surface area contributed by atoms with E-state index in [1.165, 1.54) is 12.1 Å². The molecule has 0 spiro atoms. The predicted octanol–water partition coefficient (Wildman–Crippen LogP) is 5.22. The highest BCUT2D eigenvalue weighted by Gasteiger charge is 2.17. The highest BCUT2D eigenvalue weighted by Crippen LogP contribution is 2.27. The number of hydrogen-bond donors (Lipinski definition) is 1. The van der Waals surface area contributed by atoms with Crippen LogP contribution in [0, 0.1) is 5.82 Å². The van der Waals surface area contributed by atoms with Gasteiger partial charge in [0.1, 0.15) is 11.6 Å². The Kier molecular flexibility index (Phi) is 5.97. The maximum atomic E-state index is 13.3. The van der Waals surface area contributed by atoms with Crippen molar-refractivity contribution in [3.63, 3.8) is 0 Å². The van der Waals surface area contributed by atoms with Crippen molar-refractivity contribution in [3.05, 3.63) is 88.2 Å². The van der Waals surface area contributed by atoms with Crippen molar-refractivity contribution in [1.82, 2.24) is 15.5 Å². The fourth-order valence-corrected chi connectivity index (χ4v) is 3.82. The number of halogens is 1. The molecule has 29 heavy (non-hydrogen) atoms. The first kappa shape index (κ1) is 19.3. The molecule has 7 heteroatoms. The fraction of sp³-hybridized carbons (Fsp3) is 0.182. The Bertz CT molecular complexity index is 1030. The molecule has 0 saturated carbocycles. The molecular formula is C22H20FN3O2S. The van der Waals surface area contributed by atoms with E-state index in [1.54, 1.807) is 23.5 Å². The summed E-state index contributed by atoms with van der Waals surface area (Å²) >= 11 is 1.64. The molecule has 0 aliphatic rings. The van der Waals surface area contributed by atoms with Crippen molar-refractivity contribution in [1.29, 1.82) is 0 Å². The van der Waals surface area contributed by atoms with E-state index < -0.39 is 0 Å². The van der Waals surface area contributed by atoms with Gasteiger partial charge in [-0.3, -0.25) is 5.32 Å². The van der Waals surface area contributed by atoms with Crippen LogP contribution in [0.15, 0.2) is 70.6 Å². The number of thiophene rings is 1. The molecule has 0 radical (unpaired) electrons. The molecular weight excluding hydrogens is 389 g/mol. The fourth-order valence-electron chi connectivity index (χ4n) is 2.99. The van der Waals surface area contributed by atoms with E-state index in [0.29, 0.717) is 24.9 Å². The Morgan fingerprint density at radius 2 is 1.90 bits per heavy atom. The maximum absolute atomic E-state index is 13.3. The van der Waals surface area contributed by atoms with Crippen LogP contribution in [0.2, 0.25) is 0 Å². The average molecular weight is 409 g/mol. The van der Waals surface area contributed by atoms with E-state index in [2.05, 4.69) is 15.5 Å². The van der Waals surface area contributed by atoms with Gasteiger partial charge in [-0.15, -0.1) is 11.3 Å². The van der Waals surface area contributed by atoms with E-state index in [0.717, 1.165) is 21.8 Å². The van der Waals surface area contributed by atoms with Crippen LogP contribution in [0.25, 0.3) is 11.4 Å². The Labute approximate surface area is 172 Å². The van der Waals surface area contributed by atoms with Gasteiger partial charge in [-0.1, -0.05) is 23.4 Å². The van der Waals surface area contributed by atoms with Crippen LogP contribution in [0.4, 0.5) is 4.39 Å². The minimum Gasteiger partial charge on any atom is -0.494 e. The van der Waals surface area contributed by atoms with E-state index in [9.17, 15) is 4.39 Å². The lowest BCUT2D eigenvalue weighted by Gasteiger charge is -2.17. The number of rotatable bonds is 8. The number of benzene rings is 2. The van der Waals surface area contributed by atoms with E-state index >= 15 is 0 Å². The predicted molar refractivity (Wildman–Crippen MR) is 110 cm³/mol. The minimum absolute atomic E-state index is 0.0866. The quantitative estimate of drug-likeness (QED) is 0.433. The van der Waals surface area contributed by atoms with Crippen LogP contribution in [0.1, 0.15) is 29.3 Å². The molecule has 5 nitrogen and oxygen atoms in total. The zero-order valence-electron chi connectivity index (χ0n) is 15.8. The molecule has 0 aliphatic heterocycles. The second kappa shape index (κ2) is 8.98. The SMILES string of the molecule is CCOc1ccc(-c2noc(CNC(c3ccc(F)cc3)c3cccs3)n2)cc1. The normalized spacial score (nSPS) is 12.1. The van der Waals surface area contributed by atoms with E-state index in [4.69, 9.17) is 9.26 Å². The maximum Gasteiger partial charge on any atom is 0.240 e. The second-order valence-corrected chi connectivity index (χ2v) is 7.33. The molecule has 4 aromatic rings. The van der Waals surface area contributed by atoms with Crippen LogP contribution < -0.4 is 10.1 Å². The molecule has 0 saturated heterocycles. The number of nitrogens with zero attached hydrogens (tertiary/aromatic N) is 2. The molecule has 2 aromatic heterocycles. The zero-order chi connectivity index (χ0) is 20.1. The Morgan fingerprint density at radius 3 is 2.59 bits per heavy atom. The molecule has 2 aromatic carbocycles. The summed E-state index contributed by atoms with van der Waals surface area (Å²) < 4.78 is 24.2. The monoisotopic (exact) mass is 409 g/mol. The van der Waals surface area contributed by atoms with Crippen LogP contribution in [0.5, 0.6) is 5.75 Å². The lowest BCUT2D eigenvalue weighted by Crippen LogP contribution is -2.21. The van der Waals surface area contributed by atoms with Crippen LogP contribution in [0.3, 0.4) is 0 Å². The van der Waals surface area contributed by atoms with Crippen molar-refractivity contribution in [2.45, 2.75) is 19.5 Å². The summed E-state index contributed by atoms with van der Waals surface area (Å²) in [6.45, 7) is 2.96. The van der Waals surface area contributed by atoms with Gasteiger partial charge in [0.15, 0.2) is 0 Å². The van der Waals surface area contributed by atoms with Crippen LogP contribution in [-0.2, 0) is 6.54 Å². The molecule has 1 atom stereocenters. The van der Waals surface area contributed by atoms with E-state index in [1.807, 2.05) is 48.7 Å². The average Bonchev–Trinajstić information content (AvgIpc) is 3.43. The Hall–Kier alpha value is -3.03. The molecule has 0 fully saturated rings. The Balaban J connectivity index is 1.47. The van der Waals surface area contributed by atoms with Crippen LogP contribution in [-0.4, -0.2) is 16.7 Å². The highest BCUT2D eigenvalue weighted by atomic mass is 32.1. The summed E-state index contributed by atoms with van der Waals surface area (Å²) in [5.74, 6) is 1.56. The summed E-state index contributed by atoms with van der Waals surface area (Å²) in [5, 5.41) is 9.53. The first-order valence-corrected chi connectivity index (χ1v) is 10.2. The third-order valence-corrected chi connectivity index (χ3v) is 5.32. The van der Waals surface area contributed by atoms with Gasteiger partial charge in [0.2, 0.25) is 11.7 Å². The summed E-state index contributed by atoms with van der Waals surface area (Å²) in [5.41, 5.74) is 1.83. The number of aromatic nitrogens is 2. The number of ether oxygens (including phenoxy) is 1. The largest absolute Gasteiger partial charge is 0.494 e. The molecule has 0 bridgehead atoms. The van der Waals surface area contributed by atoms with Crippen molar-refractivity contribution in [2.75, 3.05) is 6.61 Å². The van der Waals surface area contributed by atoms with Gasteiger partial charge in [-0.05, 0) is 60.3 Å². The molecule has 1 unspecified atom stereocenters. The smallest absolute Gasteiger partial charge is 0.240 e. The van der Waals surface area contributed by atoms with Crippen molar-refractivity contribution in [3.8, 4) is 17.1 Å². The Morgan fingerprint density at radius 1 is 1.10 bits per heavy atom. The summed E-state index contributed by atoms with van der Waals surface area (Å²) in [6, 6.07) is 18.0. The van der Waals surface area contributed by atoms with Crippen LogP contribution >= 0.6 is 11.3 Å². The van der Waals surface area contributed by atoms with Gasteiger partial charge < -0.3 is 9.26 Å². The molecule has 4 rings (SSSR count). The molecule has 148 valence electrons. The first-order valence-electron chi connectivity index (χ1n) is 9.31. The molecule has 2 heterocycles.